The van der Waals surface area contributed by atoms with Gasteiger partial charge < -0.3 is 24.4 Å². The number of carbonyl (C=O) groups is 1. The molecule has 5 rings (SSSR count). The first-order valence-corrected chi connectivity index (χ1v) is 22.1. The number of aromatic nitrogens is 1. The normalized spacial score (nSPS) is 16.9. The molecule has 3 heterocycles. The van der Waals surface area contributed by atoms with Crippen LogP contribution in [-0.4, -0.2) is 72.2 Å². The highest BCUT2D eigenvalue weighted by Gasteiger charge is 2.43. The summed E-state index contributed by atoms with van der Waals surface area (Å²) in [6.07, 6.45) is 9.67. The number of hydrogen-bond donors (Lipinski definition) is 4. The van der Waals surface area contributed by atoms with Crippen molar-refractivity contribution in [2.75, 3.05) is 30.3 Å². The van der Waals surface area contributed by atoms with Crippen LogP contribution in [0.5, 0.6) is 11.8 Å². The Morgan fingerprint density at radius 1 is 0.914 bits per heavy atom. The van der Waals surface area contributed by atoms with Gasteiger partial charge in [-0.15, -0.1) is 4.73 Å². The Kier molecular flexibility index (Phi) is 13.2. The maximum Gasteiger partial charge on any atom is 0.333 e. The zero-order chi connectivity index (χ0) is 42.6. The van der Waals surface area contributed by atoms with Gasteiger partial charge in [-0.25, -0.2) is 9.37 Å². The molecule has 0 saturated carbocycles. The summed E-state index contributed by atoms with van der Waals surface area (Å²) in [5.74, 6) is -0.631. The number of aromatic hydroxyl groups is 2. The molecule has 1 aromatic heterocycles. The van der Waals surface area contributed by atoms with E-state index in [-0.39, 0.29) is 42.5 Å². The summed E-state index contributed by atoms with van der Waals surface area (Å²) in [5.41, 5.74) is 2.35. The largest absolute Gasteiger partial charge is 0.492 e. The highest BCUT2D eigenvalue weighted by atomic mass is 32.2. The van der Waals surface area contributed by atoms with Crippen LogP contribution in [0.15, 0.2) is 93.9 Å². The van der Waals surface area contributed by atoms with Gasteiger partial charge in [0.1, 0.15) is 24.6 Å². The van der Waals surface area contributed by atoms with Crippen molar-refractivity contribution in [2.45, 2.75) is 83.0 Å². The van der Waals surface area contributed by atoms with Crippen molar-refractivity contribution >= 4 is 38.0 Å². The molecular weight excluding hydrogens is 787 g/mol. The fourth-order valence-electron chi connectivity index (χ4n) is 7.19. The maximum atomic E-state index is 12.8. The molecule has 2 aliphatic heterocycles. The standard InChI is InChI=1S/C42H51N3O11S2/c1-7-43(8-2)30-17-19-32-29(26-37(41(3,4)5)55-35(32)27-30)14-10-9-11-15-36-42(6,23-12-16-40(48)56-45-38(46)21-22-39(45)47)33-28-31(58(52,53)54)18-20-34(33)44(36)24-13-25-57(49,50)51/h9-11,14-15,17-22,26-28H,7-8,12-13,16,23-25H2,1-6H3,(H3-,46,47,49,50,51,52,53,54)/p+1. The summed E-state index contributed by atoms with van der Waals surface area (Å²) in [6.45, 7) is 14.2. The molecule has 0 amide bonds. The lowest BCUT2D eigenvalue weighted by molar-refractivity contribution is -0.145. The third-order valence-corrected chi connectivity index (χ3v) is 11.9. The summed E-state index contributed by atoms with van der Waals surface area (Å²) >= 11 is 0. The lowest BCUT2D eigenvalue weighted by Crippen LogP contribution is -2.30. The van der Waals surface area contributed by atoms with E-state index >= 15 is 0 Å². The van der Waals surface area contributed by atoms with Crippen LogP contribution in [0.2, 0.25) is 0 Å². The van der Waals surface area contributed by atoms with Gasteiger partial charge in [-0.2, -0.15) is 16.8 Å². The van der Waals surface area contributed by atoms with Crippen molar-refractivity contribution in [3.05, 3.63) is 107 Å². The molecule has 16 heteroatoms. The molecule has 58 heavy (non-hydrogen) atoms. The van der Waals surface area contributed by atoms with Gasteiger partial charge in [0.25, 0.3) is 20.2 Å². The van der Waals surface area contributed by atoms with Crippen LogP contribution < -0.4 is 19.7 Å². The fourth-order valence-corrected chi connectivity index (χ4v) is 8.19. The lowest BCUT2D eigenvalue weighted by atomic mass is 9.77. The molecule has 0 spiro atoms. The van der Waals surface area contributed by atoms with E-state index in [1.807, 2.05) is 42.2 Å². The summed E-state index contributed by atoms with van der Waals surface area (Å²) in [7, 11) is -8.90. The average Bonchev–Trinajstić information content (AvgIpc) is 3.57. The number of nitrogens with zero attached hydrogens (tertiary/aromatic N) is 3. The Morgan fingerprint density at radius 3 is 2.22 bits per heavy atom. The van der Waals surface area contributed by atoms with Crippen molar-refractivity contribution in [3.8, 4) is 23.1 Å². The summed E-state index contributed by atoms with van der Waals surface area (Å²) in [4.78, 5) is 19.4. The Hall–Kier alpha value is -5.16. The molecule has 1 atom stereocenters. The SMILES string of the molecule is CC[N+](CC)=c1ccc2c(/C=C/C=C/C=C3\N(CCCS(=O)(=O)O)c4ccc(S(=O)(=O)O)cc4C3(C)CCCC(=O)On3c(O)ccc3O)cc(C(C)(C)C)oc-2c1. The minimum Gasteiger partial charge on any atom is -0.492 e. The smallest absolute Gasteiger partial charge is 0.333 e. The van der Waals surface area contributed by atoms with Crippen molar-refractivity contribution < 1.29 is 50.2 Å². The van der Waals surface area contributed by atoms with E-state index < -0.39 is 49.1 Å². The van der Waals surface area contributed by atoms with E-state index in [0.29, 0.717) is 21.7 Å². The van der Waals surface area contributed by atoms with Crippen LogP contribution in [-0.2, 0) is 35.9 Å². The number of hydrogen-bond acceptors (Lipinski definition) is 10. The van der Waals surface area contributed by atoms with Gasteiger partial charge in [-0.05, 0) is 87.6 Å². The molecule has 0 fully saturated rings. The fraction of sp³-hybridized carbons (Fsp3) is 0.381. The van der Waals surface area contributed by atoms with Crippen LogP contribution in [0.25, 0.3) is 17.4 Å². The first-order valence-electron chi connectivity index (χ1n) is 19.0. The van der Waals surface area contributed by atoms with Gasteiger partial charge >= 0.3 is 5.97 Å². The monoisotopic (exact) mass is 838 g/mol. The van der Waals surface area contributed by atoms with Crippen LogP contribution in [0.1, 0.15) is 84.1 Å². The van der Waals surface area contributed by atoms with Crippen LogP contribution in [0, 0.1) is 0 Å². The highest BCUT2D eigenvalue weighted by Crippen LogP contribution is 2.51. The van der Waals surface area contributed by atoms with Crippen molar-refractivity contribution in [2.24, 2.45) is 0 Å². The van der Waals surface area contributed by atoms with Gasteiger partial charge in [-0.3, -0.25) is 9.11 Å². The van der Waals surface area contributed by atoms with Gasteiger partial charge in [0, 0.05) is 58.9 Å². The van der Waals surface area contributed by atoms with E-state index in [1.165, 1.54) is 18.2 Å². The van der Waals surface area contributed by atoms with E-state index in [4.69, 9.17) is 9.25 Å². The molecule has 1 aliphatic carbocycles. The number of allylic oxidation sites excluding steroid dienone is 5. The van der Waals surface area contributed by atoms with Gasteiger partial charge in [0.15, 0.2) is 0 Å². The van der Waals surface area contributed by atoms with E-state index in [9.17, 15) is 40.9 Å². The zero-order valence-corrected chi connectivity index (χ0v) is 35.2. The average molecular weight is 839 g/mol. The number of carbonyl (C=O) groups excluding carboxylic acids is 1. The second-order valence-corrected chi connectivity index (χ2v) is 18.4. The first-order chi connectivity index (χ1) is 27.2. The van der Waals surface area contributed by atoms with Crippen molar-refractivity contribution in [1.82, 2.24) is 9.31 Å². The molecular formula is C42H52N3O11S2+. The van der Waals surface area contributed by atoms with Gasteiger partial charge in [0.2, 0.25) is 17.1 Å². The number of rotatable bonds is 15. The topological polar surface area (TPSA) is 200 Å². The summed E-state index contributed by atoms with van der Waals surface area (Å²) in [6, 6.07) is 14.7. The lowest BCUT2D eigenvalue weighted by Gasteiger charge is -2.30. The zero-order valence-electron chi connectivity index (χ0n) is 33.5. The predicted octanol–water partition coefficient (Wildman–Crippen LogP) is 6.29. The molecule has 4 N–H and O–H groups in total. The molecule has 0 bridgehead atoms. The van der Waals surface area contributed by atoms with Crippen LogP contribution in [0.4, 0.5) is 5.69 Å². The summed E-state index contributed by atoms with van der Waals surface area (Å²) < 4.78 is 76.7. The molecule has 14 nitrogen and oxygen atoms in total. The van der Waals surface area contributed by atoms with Crippen molar-refractivity contribution in [3.63, 3.8) is 0 Å². The quantitative estimate of drug-likeness (QED) is 0.0594. The maximum absolute atomic E-state index is 12.8. The number of fused-ring (bicyclic) bond motifs is 2. The molecule has 312 valence electrons. The Balaban J connectivity index is 1.53. The van der Waals surface area contributed by atoms with Gasteiger partial charge in [-0.1, -0.05) is 45.1 Å². The molecule has 1 aromatic carbocycles. The van der Waals surface area contributed by atoms with E-state index in [0.717, 1.165) is 53.2 Å². The van der Waals surface area contributed by atoms with Crippen molar-refractivity contribution in [1.29, 1.82) is 0 Å². The number of anilines is 1. The van der Waals surface area contributed by atoms with Crippen LogP contribution >= 0.6 is 0 Å². The molecule has 0 radical (unpaired) electrons. The minimum absolute atomic E-state index is 0.0315. The Bertz CT molecular complexity index is 2500. The Morgan fingerprint density at radius 2 is 1.60 bits per heavy atom. The molecule has 1 unspecified atom stereocenters. The highest BCUT2D eigenvalue weighted by molar-refractivity contribution is 7.86. The first kappa shape index (κ1) is 44.0. The molecule has 0 saturated heterocycles. The molecule has 2 aromatic rings. The van der Waals surface area contributed by atoms with Crippen LogP contribution in [0.3, 0.4) is 0 Å². The molecule has 3 aliphatic rings. The summed E-state index contributed by atoms with van der Waals surface area (Å²) in [5, 5.41) is 20.9. The van der Waals surface area contributed by atoms with Gasteiger partial charge in [0.05, 0.1) is 16.7 Å². The minimum atomic E-state index is -4.61. The second-order valence-electron chi connectivity index (χ2n) is 15.4. The van der Waals surface area contributed by atoms with E-state index in [1.54, 1.807) is 6.08 Å². The third kappa shape index (κ3) is 10.1. The van der Waals surface area contributed by atoms with E-state index in [2.05, 4.69) is 57.4 Å². The number of benzene rings is 2. The third-order valence-electron chi connectivity index (χ3n) is 10.2. The predicted molar refractivity (Wildman–Crippen MR) is 222 cm³/mol. The second kappa shape index (κ2) is 17.4. The Labute approximate surface area is 339 Å².